The summed E-state index contributed by atoms with van der Waals surface area (Å²) in [6.07, 6.45) is 0. The summed E-state index contributed by atoms with van der Waals surface area (Å²) in [5.74, 6) is 0.494. The van der Waals surface area contributed by atoms with E-state index in [9.17, 15) is 8.42 Å². The number of rotatable bonds is 4. The highest BCUT2D eigenvalue weighted by Gasteiger charge is 2.23. The maximum Gasteiger partial charge on any atom is 0.263 e. The van der Waals surface area contributed by atoms with Gasteiger partial charge in [-0.3, -0.25) is 4.72 Å². The lowest BCUT2D eigenvalue weighted by molar-refractivity contribution is 0.413. The first kappa shape index (κ1) is 16.8. The number of nitrogens with zero attached hydrogens (tertiary/aromatic N) is 1. The molecule has 1 aromatic heterocycles. The summed E-state index contributed by atoms with van der Waals surface area (Å²) in [5, 5.41) is 0.380. The first-order valence-electron chi connectivity index (χ1n) is 6.78. The summed E-state index contributed by atoms with van der Waals surface area (Å²) in [5.41, 5.74) is 0.780. The van der Waals surface area contributed by atoms with Crippen LogP contribution in [0.4, 0.5) is 5.13 Å². The van der Waals surface area contributed by atoms with E-state index in [-0.39, 0.29) is 10.3 Å². The van der Waals surface area contributed by atoms with Crippen molar-refractivity contribution in [3.05, 3.63) is 34.8 Å². The minimum Gasteiger partial charge on any atom is -0.497 e. The molecule has 120 valence electrons. The quantitative estimate of drug-likeness (QED) is 0.924. The Labute approximate surface area is 135 Å². The predicted molar refractivity (Wildman–Crippen MR) is 89.4 cm³/mol. The molecule has 0 radical (unpaired) electrons. The van der Waals surface area contributed by atoms with Crippen LogP contribution in [0.1, 0.15) is 31.3 Å². The van der Waals surface area contributed by atoms with Crippen LogP contribution in [0.25, 0.3) is 0 Å². The van der Waals surface area contributed by atoms with Crippen molar-refractivity contribution in [1.29, 1.82) is 0 Å². The number of hydrogen-bond donors (Lipinski definition) is 1. The van der Waals surface area contributed by atoms with Gasteiger partial charge in [-0.2, -0.15) is 0 Å². The number of anilines is 1. The molecule has 0 saturated heterocycles. The Morgan fingerprint density at radius 1 is 1.27 bits per heavy atom. The van der Waals surface area contributed by atoms with Crippen molar-refractivity contribution in [2.75, 3.05) is 11.8 Å². The van der Waals surface area contributed by atoms with E-state index in [0.29, 0.717) is 10.9 Å². The van der Waals surface area contributed by atoms with E-state index < -0.39 is 10.0 Å². The van der Waals surface area contributed by atoms with Gasteiger partial charge in [-0.05, 0) is 24.5 Å². The molecule has 0 spiro atoms. The number of aryl methyl sites for hydroxylation is 1. The maximum absolute atomic E-state index is 12.4. The SMILES string of the molecule is COc1cccc(S(=O)(=O)Nc2nc(C)c(C(C)(C)C)s2)c1. The van der Waals surface area contributed by atoms with Crippen LogP contribution in [0.5, 0.6) is 5.75 Å². The molecule has 0 unspecified atom stereocenters. The fraction of sp³-hybridized carbons (Fsp3) is 0.400. The second kappa shape index (κ2) is 5.89. The molecule has 22 heavy (non-hydrogen) atoms. The van der Waals surface area contributed by atoms with E-state index in [1.807, 2.05) is 6.92 Å². The van der Waals surface area contributed by atoms with Crippen LogP contribution in [0.3, 0.4) is 0 Å². The van der Waals surface area contributed by atoms with Crippen LogP contribution in [0.15, 0.2) is 29.2 Å². The van der Waals surface area contributed by atoms with Gasteiger partial charge in [-0.1, -0.05) is 26.8 Å². The van der Waals surface area contributed by atoms with Gasteiger partial charge in [0.2, 0.25) is 0 Å². The topological polar surface area (TPSA) is 68.3 Å². The van der Waals surface area contributed by atoms with Crippen molar-refractivity contribution in [2.24, 2.45) is 0 Å². The van der Waals surface area contributed by atoms with Crippen molar-refractivity contribution in [2.45, 2.75) is 38.0 Å². The monoisotopic (exact) mass is 340 g/mol. The van der Waals surface area contributed by atoms with Gasteiger partial charge in [0.25, 0.3) is 10.0 Å². The molecule has 2 aromatic rings. The van der Waals surface area contributed by atoms with Crippen LogP contribution in [0, 0.1) is 6.92 Å². The highest BCUT2D eigenvalue weighted by molar-refractivity contribution is 7.93. The molecule has 5 nitrogen and oxygen atoms in total. The van der Waals surface area contributed by atoms with Gasteiger partial charge < -0.3 is 4.74 Å². The molecule has 0 amide bonds. The zero-order chi connectivity index (χ0) is 16.5. The van der Waals surface area contributed by atoms with Gasteiger partial charge in [0.05, 0.1) is 17.7 Å². The molecule has 7 heteroatoms. The summed E-state index contributed by atoms with van der Waals surface area (Å²) in [4.78, 5) is 5.54. The van der Waals surface area contributed by atoms with Crippen molar-refractivity contribution < 1.29 is 13.2 Å². The fourth-order valence-electron chi connectivity index (χ4n) is 2.08. The second-order valence-corrected chi connectivity index (χ2v) is 8.65. The highest BCUT2D eigenvalue weighted by Crippen LogP contribution is 2.34. The predicted octanol–water partition coefficient (Wildman–Crippen LogP) is 3.56. The van der Waals surface area contributed by atoms with Crippen molar-refractivity contribution in [1.82, 2.24) is 4.98 Å². The third kappa shape index (κ3) is 3.59. The molecule has 0 saturated carbocycles. The first-order valence-corrected chi connectivity index (χ1v) is 9.08. The van der Waals surface area contributed by atoms with Gasteiger partial charge in [0, 0.05) is 10.9 Å². The molecule has 0 fully saturated rings. The Hall–Kier alpha value is -1.60. The standard InChI is InChI=1S/C15H20N2O3S2/c1-10-13(15(2,3)4)21-14(16-10)17-22(18,19)12-8-6-7-11(9-12)20-5/h6-9H,1-5H3,(H,16,17). The largest absolute Gasteiger partial charge is 0.497 e. The lowest BCUT2D eigenvalue weighted by Gasteiger charge is -2.16. The fourth-order valence-corrected chi connectivity index (χ4v) is 4.37. The van der Waals surface area contributed by atoms with Gasteiger partial charge in [-0.25, -0.2) is 13.4 Å². The van der Waals surface area contributed by atoms with E-state index in [2.05, 4.69) is 30.5 Å². The molecular formula is C15H20N2O3S2. The second-order valence-electron chi connectivity index (χ2n) is 5.97. The lowest BCUT2D eigenvalue weighted by Crippen LogP contribution is -2.12. The summed E-state index contributed by atoms with van der Waals surface area (Å²) >= 11 is 1.37. The van der Waals surface area contributed by atoms with Gasteiger partial charge in [-0.15, -0.1) is 11.3 Å². The zero-order valence-electron chi connectivity index (χ0n) is 13.3. The Kier molecular flexibility index (Phi) is 4.49. The Morgan fingerprint density at radius 3 is 2.50 bits per heavy atom. The van der Waals surface area contributed by atoms with Gasteiger partial charge in [0.15, 0.2) is 5.13 Å². The molecule has 2 rings (SSSR count). The van der Waals surface area contributed by atoms with Crippen LogP contribution < -0.4 is 9.46 Å². The molecule has 0 atom stereocenters. The normalized spacial score (nSPS) is 12.2. The Bertz CT molecular complexity index is 774. The molecule has 0 aliphatic carbocycles. The average Bonchev–Trinajstić information content (AvgIpc) is 2.79. The molecule has 1 heterocycles. The van der Waals surface area contributed by atoms with Crippen LogP contribution in [-0.4, -0.2) is 20.5 Å². The van der Waals surface area contributed by atoms with Crippen molar-refractivity contribution in [3.8, 4) is 5.75 Å². The average molecular weight is 340 g/mol. The summed E-state index contributed by atoms with van der Waals surface area (Å²) < 4.78 is 32.5. The lowest BCUT2D eigenvalue weighted by atomic mass is 9.94. The number of hydrogen-bond acceptors (Lipinski definition) is 5. The molecular weight excluding hydrogens is 320 g/mol. The smallest absolute Gasteiger partial charge is 0.263 e. The Morgan fingerprint density at radius 2 is 1.95 bits per heavy atom. The van der Waals surface area contributed by atoms with Crippen LogP contribution >= 0.6 is 11.3 Å². The van der Waals surface area contributed by atoms with Gasteiger partial charge >= 0.3 is 0 Å². The molecule has 0 bridgehead atoms. The van der Waals surface area contributed by atoms with E-state index in [1.54, 1.807) is 12.1 Å². The van der Waals surface area contributed by atoms with Gasteiger partial charge in [0.1, 0.15) is 5.75 Å². The maximum atomic E-state index is 12.4. The number of nitrogens with one attached hydrogen (secondary N) is 1. The molecule has 0 aliphatic heterocycles. The third-order valence-corrected chi connectivity index (χ3v) is 6.02. The highest BCUT2D eigenvalue weighted by atomic mass is 32.2. The van der Waals surface area contributed by atoms with E-state index >= 15 is 0 Å². The minimum absolute atomic E-state index is 0.0680. The number of sulfonamides is 1. The van der Waals surface area contributed by atoms with Crippen LogP contribution in [0.2, 0.25) is 0 Å². The molecule has 1 aromatic carbocycles. The zero-order valence-corrected chi connectivity index (χ0v) is 14.9. The number of thiazole rings is 1. The molecule has 0 aliphatic rings. The number of methoxy groups -OCH3 is 1. The molecule has 1 N–H and O–H groups in total. The first-order chi connectivity index (χ1) is 10.1. The number of ether oxygens (including phenoxy) is 1. The van der Waals surface area contributed by atoms with Crippen LogP contribution in [-0.2, 0) is 15.4 Å². The third-order valence-electron chi connectivity index (χ3n) is 3.05. The Balaban J connectivity index is 2.33. The number of benzene rings is 1. The number of aromatic nitrogens is 1. The summed E-state index contributed by atoms with van der Waals surface area (Å²) in [6.45, 7) is 8.12. The summed E-state index contributed by atoms with van der Waals surface area (Å²) in [6, 6.07) is 6.34. The minimum atomic E-state index is -3.68. The van der Waals surface area contributed by atoms with E-state index in [4.69, 9.17) is 4.74 Å². The van der Waals surface area contributed by atoms with Crippen molar-refractivity contribution >= 4 is 26.5 Å². The van der Waals surface area contributed by atoms with Crippen molar-refractivity contribution in [3.63, 3.8) is 0 Å². The summed E-state index contributed by atoms with van der Waals surface area (Å²) in [7, 11) is -2.18. The van der Waals surface area contributed by atoms with E-state index in [0.717, 1.165) is 10.6 Å². The van der Waals surface area contributed by atoms with E-state index in [1.165, 1.54) is 30.6 Å².